The van der Waals surface area contributed by atoms with Crippen LogP contribution in [0.4, 0.5) is 0 Å². The molecule has 2 saturated carbocycles. The fourth-order valence-corrected chi connectivity index (χ4v) is 6.04. The average molecular weight is 330 g/mol. The molecule has 1 aromatic carbocycles. The topological polar surface area (TPSA) is 49.7 Å². The number of phenols is 1. The molecule has 5 atom stereocenters. The fraction of sp³-hybridized carbons (Fsp3) is 0.714. The Morgan fingerprint density at radius 2 is 2.04 bits per heavy atom. The summed E-state index contributed by atoms with van der Waals surface area (Å²) < 4.78 is 5.66. The van der Waals surface area contributed by atoms with Gasteiger partial charge in [-0.1, -0.05) is 6.92 Å². The van der Waals surface area contributed by atoms with Gasteiger partial charge in [-0.25, -0.2) is 0 Å². The summed E-state index contributed by atoms with van der Waals surface area (Å²) in [5.41, 5.74) is 2.83. The highest BCUT2D eigenvalue weighted by molar-refractivity contribution is 5.49. The minimum Gasteiger partial charge on any atom is -0.504 e. The number of ether oxygens (including phenoxy) is 1. The molecule has 0 spiro atoms. The van der Waals surface area contributed by atoms with Crippen LogP contribution in [0.25, 0.3) is 0 Å². The summed E-state index contributed by atoms with van der Waals surface area (Å²) in [5.74, 6) is 2.79. The number of rotatable bonds is 2. The molecular weight excluding hydrogens is 300 g/mol. The van der Waals surface area contributed by atoms with Crippen molar-refractivity contribution in [2.75, 3.05) is 6.61 Å². The van der Waals surface area contributed by atoms with Crippen LogP contribution < -0.4 is 4.74 Å². The average Bonchev–Trinajstić information content (AvgIpc) is 2.75. The van der Waals surface area contributed by atoms with Crippen LogP contribution in [0.3, 0.4) is 0 Å². The van der Waals surface area contributed by atoms with Gasteiger partial charge in [0, 0.05) is 0 Å². The molecule has 132 valence electrons. The molecule has 0 heterocycles. The highest BCUT2D eigenvalue weighted by atomic mass is 16.5. The van der Waals surface area contributed by atoms with E-state index in [1.807, 2.05) is 13.0 Å². The number of aliphatic hydroxyl groups excluding tert-OH is 1. The minimum absolute atomic E-state index is 0.116. The van der Waals surface area contributed by atoms with Crippen LogP contribution in [0.5, 0.6) is 11.5 Å². The first kappa shape index (κ1) is 16.3. The molecule has 0 bridgehead atoms. The molecule has 4 rings (SSSR count). The van der Waals surface area contributed by atoms with Gasteiger partial charge in [-0.3, -0.25) is 0 Å². The summed E-state index contributed by atoms with van der Waals surface area (Å²) in [7, 11) is 0. The van der Waals surface area contributed by atoms with Crippen LogP contribution in [0.2, 0.25) is 0 Å². The van der Waals surface area contributed by atoms with Crippen LogP contribution >= 0.6 is 0 Å². The lowest BCUT2D eigenvalue weighted by molar-refractivity contribution is -0.0201. The Bertz CT molecular complexity index is 626. The zero-order valence-electron chi connectivity index (χ0n) is 14.9. The smallest absolute Gasteiger partial charge is 0.161 e. The van der Waals surface area contributed by atoms with E-state index in [0.29, 0.717) is 30.1 Å². The lowest BCUT2D eigenvalue weighted by Crippen LogP contribution is -2.42. The van der Waals surface area contributed by atoms with Gasteiger partial charge in [-0.2, -0.15) is 0 Å². The summed E-state index contributed by atoms with van der Waals surface area (Å²) in [4.78, 5) is 0. The Morgan fingerprint density at radius 3 is 2.83 bits per heavy atom. The van der Waals surface area contributed by atoms with Gasteiger partial charge in [-0.05, 0) is 98.3 Å². The predicted octanol–water partition coefficient (Wildman–Crippen LogP) is 4.40. The van der Waals surface area contributed by atoms with E-state index >= 15 is 0 Å². The molecule has 2 N–H and O–H groups in total. The van der Waals surface area contributed by atoms with Gasteiger partial charge in [-0.15, -0.1) is 0 Å². The van der Waals surface area contributed by atoms with E-state index in [9.17, 15) is 10.2 Å². The van der Waals surface area contributed by atoms with E-state index < -0.39 is 0 Å². The number of benzene rings is 1. The number of aliphatic hydroxyl groups is 1. The van der Waals surface area contributed by atoms with Crippen molar-refractivity contribution in [2.24, 2.45) is 17.3 Å². The van der Waals surface area contributed by atoms with Gasteiger partial charge >= 0.3 is 0 Å². The summed E-state index contributed by atoms with van der Waals surface area (Å²) in [6.45, 7) is 4.85. The lowest BCUT2D eigenvalue weighted by Gasteiger charge is -2.47. The monoisotopic (exact) mass is 330 g/mol. The Morgan fingerprint density at radius 1 is 1.21 bits per heavy atom. The molecule has 24 heavy (non-hydrogen) atoms. The molecule has 0 aliphatic heterocycles. The van der Waals surface area contributed by atoms with E-state index in [0.717, 1.165) is 25.7 Å². The number of fused-ring (bicyclic) bond motifs is 5. The zero-order chi connectivity index (χ0) is 16.9. The third-order valence-electron chi connectivity index (χ3n) is 7.29. The Labute approximate surface area is 145 Å². The first-order chi connectivity index (χ1) is 11.5. The zero-order valence-corrected chi connectivity index (χ0v) is 14.9. The molecule has 3 aliphatic rings. The molecular formula is C21H30O3. The number of hydrogen-bond donors (Lipinski definition) is 2. The van der Waals surface area contributed by atoms with E-state index in [1.54, 1.807) is 0 Å². The number of aryl methyl sites for hydroxylation is 1. The van der Waals surface area contributed by atoms with Crippen molar-refractivity contribution < 1.29 is 14.9 Å². The van der Waals surface area contributed by atoms with Crippen molar-refractivity contribution in [3.63, 3.8) is 0 Å². The molecule has 3 nitrogen and oxygen atoms in total. The van der Waals surface area contributed by atoms with Crippen LogP contribution in [-0.4, -0.2) is 22.9 Å². The normalized spacial score (nSPS) is 38.0. The Balaban J connectivity index is 1.73. The summed E-state index contributed by atoms with van der Waals surface area (Å²) in [5, 5.41) is 20.8. The Hall–Kier alpha value is -1.22. The van der Waals surface area contributed by atoms with E-state index in [2.05, 4.69) is 13.0 Å². The van der Waals surface area contributed by atoms with Crippen molar-refractivity contribution in [2.45, 2.75) is 70.8 Å². The number of phenolic OH excluding ortho intramolecular Hbond substituents is 1. The number of aromatic hydroxyl groups is 1. The summed E-state index contributed by atoms with van der Waals surface area (Å²) >= 11 is 0. The molecule has 0 saturated heterocycles. The molecule has 3 heteroatoms. The highest BCUT2D eigenvalue weighted by Gasteiger charge is 2.53. The second kappa shape index (κ2) is 5.94. The second-order valence-corrected chi connectivity index (χ2v) is 8.36. The van der Waals surface area contributed by atoms with Crippen molar-refractivity contribution in [3.8, 4) is 11.5 Å². The lowest BCUT2D eigenvalue weighted by atomic mass is 9.58. The maximum Gasteiger partial charge on any atom is 0.161 e. The predicted molar refractivity (Wildman–Crippen MR) is 94.5 cm³/mol. The second-order valence-electron chi connectivity index (χ2n) is 8.36. The molecule has 0 radical (unpaired) electrons. The molecule has 2 fully saturated rings. The standard InChI is InChI=1S/C21H30O3/c1-3-24-19-12-16-13(11-18(19)22)5-4-6-15-14(16)9-10-21(2)17(15)7-8-20(21)23/h11-12,14-15,17,20,22-23H,3-10H2,1-2H3/t14?,15?,17?,20-,21-/m0/s1. The van der Waals surface area contributed by atoms with Gasteiger partial charge in [0.1, 0.15) is 0 Å². The third kappa shape index (κ3) is 2.35. The molecule has 3 aliphatic carbocycles. The highest BCUT2D eigenvalue weighted by Crippen LogP contribution is 2.60. The molecule has 0 aromatic heterocycles. The van der Waals surface area contributed by atoms with E-state index in [4.69, 9.17) is 4.74 Å². The van der Waals surface area contributed by atoms with Gasteiger partial charge < -0.3 is 14.9 Å². The van der Waals surface area contributed by atoms with Crippen molar-refractivity contribution in [1.29, 1.82) is 0 Å². The van der Waals surface area contributed by atoms with Gasteiger partial charge in [0.25, 0.3) is 0 Å². The van der Waals surface area contributed by atoms with Crippen molar-refractivity contribution in [1.82, 2.24) is 0 Å². The van der Waals surface area contributed by atoms with Crippen molar-refractivity contribution in [3.05, 3.63) is 23.3 Å². The van der Waals surface area contributed by atoms with Crippen LogP contribution in [0, 0.1) is 17.3 Å². The van der Waals surface area contributed by atoms with Crippen molar-refractivity contribution >= 4 is 0 Å². The van der Waals surface area contributed by atoms with Crippen LogP contribution in [-0.2, 0) is 6.42 Å². The van der Waals surface area contributed by atoms with Crippen LogP contribution in [0.1, 0.15) is 69.4 Å². The SMILES string of the molecule is CCOc1cc2c(cc1O)CCCC1C2CC[C@@]2(C)C1CC[C@@H]2O. The minimum atomic E-state index is -0.120. The quantitative estimate of drug-likeness (QED) is 0.845. The molecule has 0 amide bonds. The fourth-order valence-electron chi connectivity index (χ4n) is 6.04. The molecule has 1 aromatic rings. The Kier molecular flexibility index (Phi) is 4.03. The van der Waals surface area contributed by atoms with Crippen LogP contribution in [0.15, 0.2) is 12.1 Å². The summed E-state index contributed by atoms with van der Waals surface area (Å²) in [6, 6.07) is 4.06. The number of hydrogen-bond acceptors (Lipinski definition) is 3. The third-order valence-corrected chi connectivity index (χ3v) is 7.29. The summed E-state index contributed by atoms with van der Waals surface area (Å²) in [6.07, 6.45) is 7.77. The first-order valence-corrected chi connectivity index (χ1v) is 9.71. The maximum absolute atomic E-state index is 10.5. The first-order valence-electron chi connectivity index (χ1n) is 9.71. The van der Waals surface area contributed by atoms with Gasteiger partial charge in [0.2, 0.25) is 0 Å². The molecule has 3 unspecified atom stereocenters. The maximum atomic E-state index is 10.5. The van der Waals surface area contributed by atoms with E-state index in [1.165, 1.54) is 30.4 Å². The van der Waals surface area contributed by atoms with Gasteiger partial charge in [0.15, 0.2) is 11.5 Å². The van der Waals surface area contributed by atoms with E-state index in [-0.39, 0.29) is 17.3 Å². The largest absolute Gasteiger partial charge is 0.504 e. The van der Waals surface area contributed by atoms with Gasteiger partial charge in [0.05, 0.1) is 12.7 Å².